The van der Waals surface area contributed by atoms with Crippen LogP contribution < -0.4 is 5.73 Å². The Bertz CT molecular complexity index is 231. The summed E-state index contributed by atoms with van der Waals surface area (Å²) in [5.74, 6) is -0.983. The van der Waals surface area contributed by atoms with Gasteiger partial charge < -0.3 is 15.2 Å². The molecular weight excluding hydrogens is 234 g/mol. The summed E-state index contributed by atoms with van der Waals surface area (Å²) in [6.45, 7) is 6.72. The lowest BCUT2D eigenvalue weighted by Crippen LogP contribution is -2.33. The monoisotopic (exact) mass is 253 g/mol. The van der Waals surface area contributed by atoms with Crippen molar-refractivity contribution >= 4 is 24.3 Å². The van der Waals surface area contributed by atoms with Crippen molar-refractivity contribution in [3.63, 3.8) is 0 Å². The number of rotatable bonds is 5. The van der Waals surface area contributed by atoms with Crippen LogP contribution in [0.3, 0.4) is 0 Å². The molecule has 0 aliphatic heterocycles. The van der Waals surface area contributed by atoms with Crippen molar-refractivity contribution in [2.45, 2.75) is 39.8 Å². The Kier molecular flexibility index (Phi) is 9.18. The highest BCUT2D eigenvalue weighted by atomic mass is 35.5. The lowest BCUT2D eigenvalue weighted by molar-refractivity contribution is -0.160. The van der Waals surface area contributed by atoms with E-state index in [1.165, 1.54) is 6.92 Å². The lowest BCUT2D eigenvalue weighted by atomic mass is 10.2. The Labute approximate surface area is 102 Å². The smallest absolute Gasteiger partial charge is 0.323 e. The van der Waals surface area contributed by atoms with Gasteiger partial charge in [-0.2, -0.15) is 0 Å². The van der Waals surface area contributed by atoms with Crippen LogP contribution in [0, 0.1) is 5.92 Å². The minimum atomic E-state index is -0.659. The molecule has 0 heterocycles. The molecule has 0 spiro atoms. The molecule has 0 rings (SSSR count). The topological polar surface area (TPSA) is 78.6 Å². The molecule has 0 aromatic rings. The number of esters is 2. The van der Waals surface area contributed by atoms with E-state index < -0.39 is 18.1 Å². The Hall–Kier alpha value is -0.810. The largest absolute Gasteiger partial charge is 0.462 e. The SMILES string of the molecule is CC(C)C(=O)OC[C@H](C)OC(=O)[C@H](C)N.Cl. The second-order valence-electron chi connectivity index (χ2n) is 3.82. The number of halogens is 1. The van der Waals surface area contributed by atoms with Gasteiger partial charge in [-0.25, -0.2) is 0 Å². The summed E-state index contributed by atoms with van der Waals surface area (Å²) < 4.78 is 9.79. The third kappa shape index (κ3) is 7.48. The molecule has 0 amide bonds. The first-order valence-corrected chi connectivity index (χ1v) is 4.97. The molecule has 0 saturated heterocycles. The van der Waals surface area contributed by atoms with Gasteiger partial charge in [0.2, 0.25) is 0 Å². The minimum Gasteiger partial charge on any atom is -0.462 e. The maximum absolute atomic E-state index is 11.1. The second kappa shape index (κ2) is 8.35. The zero-order chi connectivity index (χ0) is 12.0. The summed E-state index contributed by atoms with van der Waals surface area (Å²) in [6, 6.07) is -0.659. The van der Waals surface area contributed by atoms with Gasteiger partial charge >= 0.3 is 11.9 Å². The van der Waals surface area contributed by atoms with Gasteiger partial charge in [-0.05, 0) is 13.8 Å². The Morgan fingerprint density at radius 2 is 1.62 bits per heavy atom. The van der Waals surface area contributed by atoms with E-state index in [0.717, 1.165) is 0 Å². The number of nitrogens with two attached hydrogens (primary N) is 1. The van der Waals surface area contributed by atoms with Crippen LogP contribution in [-0.4, -0.2) is 30.7 Å². The van der Waals surface area contributed by atoms with Gasteiger partial charge in [-0.15, -0.1) is 12.4 Å². The van der Waals surface area contributed by atoms with E-state index in [9.17, 15) is 9.59 Å². The minimum absolute atomic E-state index is 0. The summed E-state index contributed by atoms with van der Waals surface area (Å²) in [6.07, 6.45) is -0.466. The zero-order valence-electron chi connectivity index (χ0n) is 10.1. The summed E-state index contributed by atoms with van der Waals surface area (Å²) >= 11 is 0. The predicted molar refractivity (Wildman–Crippen MR) is 62.2 cm³/mol. The standard InChI is InChI=1S/C10H19NO4.ClH/c1-6(2)9(12)14-5-7(3)15-10(13)8(4)11;/h6-8H,5,11H2,1-4H3;1H/t7-,8-;/m0./s1. The number of hydrogen-bond donors (Lipinski definition) is 1. The molecule has 0 unspecified atom stereocenters. The Morgan fingerprint density at radius 1 is 1.12 bits per heavy atom. The molecule has 2 atom stereocenters. The molecule has 0 aliphatic carbocycles. The predicted octanol–water partition coefficient (Wildman–Crippen LogP) is 0.886. The van der Waals surface area contributed by atoms with Crippen LogP contribution in [0.25, 0.3) is 0 Å². The van der Waals surface area contributed by atoms with Gasteiger partial charge in [-0.1, -0.05) is 13.8 Å². The molecule has 2 N–H and O–H groups in total. The number of carbonyl (C=O) groups excluding carboxylic acids is 2. The third-order valence-corrected chi connectivity index (χ3v) is 1.62. The molecule has 96 valence electrons. The highest BCUT2D eigenvalue weighted by Gasteiger charge is 2.16. The fraction of sp³-hybridized carbons (Fsp3) is 0.800. The van der Waals surface area contributed by atoms with E-state index in [2.05, 4.69) is 0 Å². The van der Waals surface area contributed by atoms with Crippen LogP contribution in [-0.2, 0) is 19.1 Å². The molecule has 5 nitrogen and oxygen atoms in total. The lowest BCUT2D eigenvalue weighted by Gasteiger charge is -2.15. The van der Waals surface area contributed by atoms with E-state index in [4.69, 9.17) is 15.2 Å². The van der Waals surface area contributed by atoms with Crippen LogP contribution in [0.1, 0.15) is 27.7 Å². The van der Waals surface area contributed by atoms with Crippen molar-refractivity contribution in [3.05, 3.63) is 0 Å². The third-order valence-electron chi connectivity index (χ3n) is 1.62. The second-order valence-corrected chi connectivity index (χ2v) is 3.82. The average Bonchev–Trinajstić information content (AvgIpc) is 2.13. The quantitative estimate of drug-likeness (QED) is 0.736. The molecular formula is C10H20ClNO4. The molecule has 6 heteroatoms. The summed E-state index contributed by atoms with van der Waals surface area (Å²) in [5.41, 5.74) is 5.31. The molecule has 0 aliphatic rings. The van der Waals surface area contributed by atoms with Gasteiger partial charge in [-0.3, -0.25) is 9.59 Å². The maximum atomic E-state index is 11.1. The van der Waals surface area contributed by atoms with E-state index in [1.54, 1.807) is 20.8 Å². The summed E-state index contributed by atoms with van der Waals surface area (Å²) in [7, 11) is 0. The maximum Gasteiger partial charge on any atom is 0.323 e. The first kappa shape index (κ1) is 17.6. The number of carbonyl (C=O) groups is 2. The Balaban J connectivity index is 0. The highest BCUT2D eigenvalue weighted by molar-refractivity contribution is 5.85. The van der Waals surface area contributed by atoms with Crippen LogP contribution >= 0.6 is 12.4 Å². The van der Waals surface area contributed by atoms with Crippen molar-refractivity contribution in [3.8, 4) is 0 Å². The molecule has 0 bridgehead atoms. The van der Waals surface area contributed by atoms with Crippen LogP contribution in [0.5, 0.6) is 0 Å². The molecule has 0 aromatic carbocycles. The van der Waals surface area contributed by atoms with Gasteiger partial charge in [0.15, 0.2) is 0 Å². The van der Waals surface area contributed by atoms with E-state index >= 15 is 0 Å². The van der Waals surface area contributed by atoms with Gasteiger partial charge in [0, 0.05) is 0 Å². The van der Waals surface area contributed by atoms with Gasteiger partial charge in [0.1, 0.15) is 18.8 Å². The van der Waals surface area contributed by atoms with Gasteiger partial charge in [0.05, 0.1) is 5.92 Å². The van der Waals surface area contributed by atoms with Crippen molar-refractivity contribution < 1.29 is 19.1 Å². The number of ether oxygens (including phenoxy) is 2. The van der Waals surface area contributed by atoms with Crippen molar-refractivity contribution in [1.29, 1.82) is 0 Å². The highest BCUT2D eigenvalue weighted by Crippen LogP contribution is 2.00. The van der Waals surface area contributed by atoms with Crippen LogP contribution in [0.2, 0.25) is 0 Å². The van der Waals surface area contributed by atoms with Crippen molar-refractivity contribution in [2.24, 2.45) is 11.7 Å². The first-order chi connectivity index (χ1) is 6.84. The van der Waals surface area contributed by atoms with Crippen molar-refractivity contribution in [1.82, 2.24) is 0 Å². The van der Waals surface area contributed by atoms with E-state index in [-0.39, 0.29) is 30.9 Å². The van der Waals surface area contributed by atoms with Gasteiger partial charge in [0.25, 0.3) is 0 Å². The molecule has 16 heavy (non-hydrogen) atoms. The zero-order valence-corrected chi connectivity index (χ0v) is 10.9. The fourth-order valence-corrected chi connectivity index (χ4v) is 0.706. The molecule has 0 radical (unpaired) electrons. The van der Waals surface area contributed by atoms with Crippen LogP contribution in [0.15, 0.2) is 0 Å². The fourth-order valence-electron chi connectivity index (χ4n) is 0.706. The molecule has 0 fully saturated rings. The Morgan fingerprint density at radius 3 is 2.00 bits per heavy atom. The first-order valence-electron chi connectivity index (χ1n) is 4.97. The number of hydrogen-bond acceptors (Lipinski definition) is 5. The average molecular weight is 254 g/mol. The van der Waals surface area contributed by atoms with Crippen molar-refractivity contribution in [2.75, 3.05) is 6.61 Å². The normalized spacial score (nSPS) is 13.6. The summed E-state index contributed by atoms with van der Waals surface area (Å²) in [5, 5.41) is 0. The summed E-state index contributed by atoms with van der Waals surface area (Å²) in [4.78, 5) is 22.1. The molecule has 0 saturated carbocycles. The van der Waals surface area contributed by atoms with Crippen LogP contribution in [0.4, 0.5) is 0 Å². The van der Waals surface area contributed by atoms with E-state index in [1.807, 2.05) is 0 Å². The molecule has 0 aromatic heterocycles. The van der Waals surface area contributed by atoms with E-state index in [0.29, 0.717) is 0 Å².